The van der Waals surface area contributed by atoms with Gasteiger partial charge in [0.2, 0.25) is 5.91 Å². The highest BCUT2D eigenvalue weighted by atomic mass is 79.9. The fourth-order valence-electron chi connectivity index (χ4n) is 2.58. The van der Waals surface area contributed by atoms with Crippen LogP contribution in [0.3, 0.4) is 0 Å². The molecule has 0 radical (unpaired) electrons. The Labute approximate surface area is 127 Å². The Bertz CT molecular complexity index is 452. The van der Waals surface area contributed by atoms with Crippen LogP contribution in [0.4, 0.5) is 5.82 Å². The molecule has 1 aliphatic carbocycles. The SMILES string of the molecule is CN(CC(=O)Nc1ccc(Br)cn1)C1CCCCC1O. The molecule has 6 heteroatoms. The first-order valence-corrected chi connectivity index (χ1v) is 7.65. The Morgan fingerprint density at radius 3 is 2.90 bits per heavy atom. The van der Waals surface area contributed by atoms with Gasteiger partial charge in [0.1, 0.15) is 5.82 Å². The Balaban J connectivity index is 1.85. The number of hydrogen-bond acceptors (Lipinski definition) is 4. The molecule has 1 heterocycles. The van der Waals surface area contributed by atoms with E-state index < -0.39 is 0 Å². The van der Waals surface area contributed by atoms with E-state index in [-0.39, 0.29) is 24.6 Å². The lowest BCUT2D eigenvalue weighted by atomic mass is 9.91. The topological polar surface area (TPSA) is 65.5 Å². The van der Waals surface area contributed by atoms with Crippen LogP contribution in [0.25, 0.3) is 0 Å². The van der Waals surface area contributed by atoms with Gasteiger partial charge in [-0.05, 0) is 48.0 Å². The second-order valence-electron chi connectivity index (χ2n) is 5.24. The third-order valence-corrected chi connectivity index (χ3v) is 4.12. The van der Waals surface area contributed by atoms with E-state index in [1.165, 1.54) is 0 Å². The summed E-state index contributed by atoms with van der Waals surface area (Å²) in [5.74, 6) is 0.427. The van der Waals surface area contributed by atoms with Crippen LogP contribution in [-0.2, 0) is 4.79 Å². The molecule has 1 aliphatic rings. The molecule has 1 aromatic heterocycles. The van der Waals surface area contributed by atoms with Crippen molar-refractivity contribution in [3.63, 3.8) is 0 Å². The molecule has 20 heavy (non-hydrogen) atoms. The first-order valence-electron chi connectivity index (χ1n) is 6.86. The fraction of sp³-hybridized carbons (Fsp3) is 0.571. The van der Waals surface area contributed by atoms with Crippen molar-refractivity contribution in [3.8, 4) is 0 Å². The van der Waals surface area contributed by atoms with Crippen LogP contribution in [0.1, 0.15) is 25.7 Å². The van der Waals surface area contributed by atoms with Gasteiger partial charge in [0, 0.05) is 16.7 Å². The summed E-state index contributed by atoms with van der Waals surface area (Å²) in [4.78, 5) is 18.0. The van der Waals surface area contributed by atoms with Gasteiger partial charge in [0.05, 0.1) is 12.6 Å². The van der Waals surface area contributed by atoms with Crippen LogP contribution in [0, 0.1) is 0 Å². The number of nitrogens with zero attached hydrogens (tertiary/aromatic N) is 2. The van der Waals surface area contributed by atoms with Crippen molar-refractivity contribution in [2.24, 2.45) is 0 Å². The zero-order chi connectivity index (χ0) is 14.5. The predicted molar refractivity (Wildman–Crippen MR) is 81.5 cm³/mol. The standard InChI is InChI=1S/C14H20BrN3O2/c1-18(11-4-2-3-5-12(11)19)9-14(20)17-13-7-6-10(15)8-16-13/h6-8,11-12,19H,2-5,9H2,1H3,(H,16,17,20). The van der Waals surface area contributed by atoms with Crippen LogP contribution in [0.5, 0.6) is 0 Å². The number of carbonyl (C=O) groups excluding carboxylic acids is 1. The van der Waals surface area contributed by atoms with Gasteiger partial charge in [0.25, 0.3) is 0 Å². The molecule has 2 rings (SSSR count). The highest BCUT2D eigenvalue weighted by Crippen LogP contribution is 2.22. The Morgan fingerprint density at radius 1 is 1.50 bits per heavy atom. The molecule has 2 unspecified atom stereocenters. The molecule has 5 nitrogen and oxygen atoms in total. The van der Waals surface area contributed by atoms with Crippen LogP contribution < -0.4 is 5.32 Å². The van der Waals surface area contributed by atoms with Crippen molar-refractivity contribution in [2.75, 3.05) is 18.9 Å². The van der Waals surface area contributed by atoms with E-state index in [4.69, 9.17) is 0 Å². The zero-order valence-electron chi connectivity index (χ0n) is 11.6. The lowest BCUT2D eigenvalue weighted by molar-refractivity contribution is -0.118. The van der Waals surface area contributed by atoms with Gasteiger partial charge in [-0.1, -0.05) is 12.8 Å². The summed E-state index contributed by atoms with van der Waals surface area (Å²) in [6, 6.07) is 3.65. The molecule has 0 bridgehead atoms. The summed E-state index contributed by atoms with van der Waals surface area (Å²) in [6.07, 6.45) is 5.27. The molecule has 0 aliphatic heterocycles. The number of anilines is 1. The smallest absolute Gasteiger partial charge is 0.239 e. The van der Waals surface area contributed by atoms with Gasteiger partial charge in [-0.2, -0.15) is 0 Å². The molecular formula is C14H20BrN3O2. The van der Waals surface area contributed by atoms with Crippen molar-refractivity contribution in [1.29, 1.82) is 0 Å². The minimum absolute atomic E-state index is 0.0763. The summed E-state index contributed by atoms with van der Waals surface area (Å²) in [5, 5.41) is 12.7. The van der Waals surface area contributed by atoms with Gasteiger partial charge in [-0.15, -0.1) is 0 Å². The van der Waals surface area contributed by atoms with Crippen molar-refractivity contribution < 1.29 is 9.90 Å². The van der Waals surface area contributed by atoms with Gasteiger partial charge >= 0.3 is 0 Å². The van der Waals surface area contributed by atoms with Gasteiger partial charge in [-0.3, -0.25) is 9.69 Å². The summed E-state index contributed by atoms with van der Waals surface area (Å²) in [5.41, 5.74) is 0. The minimum Gasteiger partial charge on any atom is -0.391 e. The number of carbonyl (C=O) groups is 1. The van der Waals surface area contributed by atoms with Crippen LogP contribution in [-0.4, -0.2) is 46.6 Å². The molecule has 2 atom stereocenters. The van der Waals surface area contributed by atoms with Crippen LogP contribution in [0.15, 0.2) is 22.8 Å². The molecule has 0 saturated heterocycles. The van der Waals surface area contributed by atoms with Gasteiger partial charge in [-0.25, -0.2) is 4.98 Å². The van der Waals surface area contributed by atoms with E-state index in [2.05, 4.69) is 26.2 Å². The zero-order valence-corrected chi connectivity index (χ0v) is 13.1. The summed E-state index contributed by atoms with van der Waals surface area (Å²) in [7, 11) is 1.88. The summed E-state index contributed by atoms with van der Waals surface area (Å²) in [6.45, 7) is 0.263. The second kappa shape index (κ2) is 7.15. The molecule has 2 N–H and O–H groups in total. The number of hydrogen-bond donors (Lipinski definition) is 2. The molecule has 110 valence electrons. The minimum atomic E-state index is -0.327. The van der Waals surface area contributed by atoms with Gasteiger partial charge < -0.3 is 10.4 Å². The highest BCUT2D eigenvalue weighted by molar-refractivity contribution is 9.10. The van der Waals surface area contributed by atoms with E-state index in [1.807, 2.05) is 18.0 Å². The Morgan fingerprint density at radius 2 is 2.25 bits per heavy atom. The maximum absolute atomic E-state index is 12.0. The second-order valence-corrected chi connectivity index (χ2v) is 6.16. The molecule has 1 amide bonds. The first-order chi connectivity index (χ1) is 9.56. The predicted octanol–water partition coefficient (Wildman–Crippen LogP) is 2.02. The fourth-order valence-corrected chi connectivity index (χ4v) is 2.82. The van der Waals surface area contributed by atoms with Crippen LogP contribution in [0.2, 0.25) is 0 Å². The maximum Gasteiger partial charge on any atom is 0.239 e. The number of rotatable bonds is 4. The first kappa shape index (κ1) is 15.4. The number of amides is 1. The Kier molecular flexibility index (Phi) is 5.51. The summed E-state index contributed by atoms with van der Waals surface area (Å²) < 4.78 is 0.873. The molecule has 1 fully saturated rings. The van der Waals surface area contributed by atoms with E-state index in [0.29, 0.717) is 5.82 Å². The molecule has 1 saturated carbocycles. The number of aromatic nitrogens is 1. The van der Waals surface area contributed by atoms with Crippen molar-refractivity contribution in [2.45, 2.75) is 37.8 Å². The average Bonchev–Trinajstić information content (AvgIpc) is 2.41. The third kappa shape index (κ3) is 4.26. The number of aliphatic hydroxyl groups excluding tert-OH is 1. The Hall–Kier alpha value is -0.980. The van der Waals surface area contributed by atoms with E-state index in [9.17, 15) is 9.90 Å². The normalized spacial score (nSPS) is 22.8. The monoisotopic (exact) mass is 341 g/mol. The lowest BCUT2D eigenvalue weighted by Crippen LogP contribution is -2.46. The maximum atomic E-state index is 12.0. The number of aliphatic hydroxyl groups is 1. The van der Waals surface area contributed by atoms with Crippen molar-refractivity contribution in [3.05, 3.63) is 22.8 Å². The van der Waals surface area contributed by atoms with Gasteiger partial charge in [0.15, 0.2) is 0 Å². The molecular weight excluding hydrogens is 322 g/mol. The largest absolute Gasteiger partial charge is 0.391 e. The quantitative estimate of drug-likeness (QED) is 0.879. The highest BCUT2D eigenvalue weighted by Gasteiger charge is 2.27. The molecule has 0 spiro atoms. The lowest BCUT2D eigenvalue weighted by Gasteiger charge is -2.34. The summed E-state index contributed by atoms with van der Waals surface area (Å²) >= 11 is 3.30. The number of nitrogens with one attached hydrogen (secondary N) is 1. The molecule has 1 aromatic rings. The van der Waals surface area contributed by atoms with E-state index in [0.717, 1.165) is 30.2 Å². The van der Waals surface area contributed by atoms with Crippen molar-refractivity contribution >= 4 is 27.7 Å². The van der Waals surface area contributed by atoms with E-state index in [1.54, 1.807) is 12.3 Å². The molecule has 0 aromatic carbocycles. The third-order valence-electron chi connectivity index (χ3n) is 3.65. The average molecular weight is 342 g/mol. The number of likely N-dealkylation sites (N-methyl/N-ethyl adjacent to an activating group) is 1. The van der Waals surface area contributed by atoms with E-state index >= 15 is 0 Å². The number of halogens is 1. The van der Waals surface area contributed by atoms with Crippen molar-refractivity contribution in [1.82, 2.24) is 9.88 Å². The van der Waals surface area contributed by atoms with Crippen LogP contribution >= 0.6 is 15.9 Å². The number of pyridine rings is 1.